The lowest BCUT2D eigenvalue weighted by atomic mass is 10.00. The third-order valence-corrected chi connectivity index (χ3v) is 4.23. The van der Waals surface area contributed by atoms with Crippen molar-refractivity contribution in [1.82, 2.24) is 0 Å². The Bertz CT molecular complexity index is 928. The van der Waals surface area contributed by atoms with E-state index in [1.165, 1.54) is 19.3 Å². The molecule has 132 valence electrons. The number of hydrogen-bond donors (Lipinski definition) is 3. The summed E-state index contributed by atoms with van der Waals surface area (Å²) in [5.74, 6) is 0.266. The molecule has 0 bridgehead atoms. The van der Waals surface area contributed by atoms with Crippen molar-refractivity contribution in [3.8, 4) is 0 Å². The first kappa shape index (κ1) is 16.2. The monoisotopic (exact) mass is 350 g/mol. The van der Waals surface area contributed by atoms with Gasteiger partial charge in [-0.2, -0.15) is 0 Å². The minimum atomic E-state index is -1.14. The summed E-state index contributed by atoms with van der Waals surface area (Å²) >= 11 is 0. The maximum absolute atomic E-state index is 12.3. The zero-order chi connectivity index (χ0) is 18.1. The lowest BCUT2D eigenvalue weighted by molar-refractivity contribution is -0.110. The molecule has 0 atom stereocenters. The molecule has 2 amide bonds. The molecule has 0 aromatic heterocycles. The molecule has 6 heteroatoms. The molecule has 6 nitrogen and oxygen atoms in total. The van der Waals surface area contributed by atoms with Gasteiger partial charge in [-0.1, -0.05) is 43.5 Å². The van der Waals surface area contributed by atoms with Crippen molar-refractivity contribution in [2.45, 2.75) is 25.9 Å². The molecule has 0 radical (unpaired) electrons. The first-order valence-electron chi connectivity index (χ1n) is 8.54. The number of carboxylic acid groups (broad SMARTS) is 1. The van der Waals surface area contributed by atoms with Crippen LogP contribution in [0.15, 0.2) is 42.5 Å². The molecule has 5 rings (SSSR count). The van der Waals surface area contributed by atoms with E-state index in [0.717, 1.165) is 22.4 Å². The summed E-state index contributed by atoms with van der Waals surface area (Å²) in [4.78, 5) is 23.1. The zero-order valence-corrected chi connectivity index (χ0v) is 14.0. The third kappa shape index (κ3) is 3.13. The summed E-state index contributed by atoms with van der Waals surface area (Å²) in [5, 5.41) is 14.0. The molecule has 2 aliphatic heterocycles. The van der Waals surface area contributed by atoms with Gasteiger partial charge in [-0.05, 0) is 18.2 Å². The normalized spacial score (nSPS) is 18.7. The van der Waals surface area contributed by atoms with Gasteiger partial charge >= 0.3 is 6.09 Å². The number of nitrogens with one attached hydrogen (secondary N) is 2. The standard InChI is InChI=1S/C17H12N2O4.C3H6/c20-16-14(11-3-1-2-4-13(11)19-16)15-12-7-10(18-17(21)22)6-5-9(12)8-23-15;1-2-3-1/h1-7,18H,8H2,(H,19,20)(H,21,22);1-3H2. The van der Waals surface area contributed by atoms with Crippen LogP contribution in [-0.2, 0) is 16.1 Å². The van der Waals surface area contributed by atoms with Gasteiger partial charge in [0.15, 0.2) is 0 Å². The Hall–Kier alpha value is -3.28. The second kappa shape index (κ2) is 6.55. The Labute approximate surface area is 150 Å². The molecule has 3 aliphatic rings. The van der Waals surface area contributed by atoms with Crippen LogP contribution in [0.4, 0.5) is 16.2 Å². The second-order valence-corrected chi connectivity index (χ2v) is 6.36. The summed E-state index contributed by atoms with van der Waals surface area (Å²) < 4.78 is 5.74. The molecule has 26 heavy (non-hydrogen) atoms. The van der Waals surface area contributed by atoms with Crippen molar-refractivity contribution in [2.75, 3.05) is 10.6 Å². The van der Waals surface area contributed by atoms with Crippen LogP contribution in [0.2, 0.25) is 0 Å². The van der Waals surface area contributed by atoms with Crippen LogP contribution in [0.1, 0.15) is 36.0 Å². The van der Waals surface area contributed by atoms with Crippen LogP contribution >= 0.6 is 0 Å². The summed E-state index contributed by atoms with van der Waals surface area (Å²) in [5.41, 5.74) is 4.10. The summed E-state index contributed by atoms with van der Waals surface area (Å²) in [6.45, 7) is 0.358. The number of hydrogen-bond acceptors (Lipinski definition) is 3. The minimum absolute atomic E-state index is 0.217. The Morgan fingerprint density at radius 2 is 1.85 bits per heavy atom. The molecule has 1 saturated carbocycles. The summed E-state index contributed by atoms with van der Waals surface area (Å²) in [7, 11) is 0. The molecule has 3 N–H and O–H groups in total. The number of ether oxygens (including phenoxy) is 1. The number of amides is 2. The van der Waals surface area contributed by atoms with Crippen LogP contribution in [0, 0.1) is 0 Å². The lowest BCUT2D eigenvalue weighted by Crippen LogP contribution is -2.08. The predicted molar refractivity (Wildman–Crippen MR) is 98.6 cm³/mol. The van der Waals surface area contributed by atoms with E-state index in [1.54, 1.807) is 18.2 Å². The summed E-state index contributed by atoms with van der Waals surface area (Å²) in [6, 6.07) is 12.6. The maximum atomic E-state index is 12.3. The average Bonchev–Trinajstić information content (AvgIpc) is 3.39. The highest BCUT2D eigenvalue weighted by Crippen LogP contribution is 2.42. The van der Waals surface area contributed by atoms with Crippen molar-refractivity contribution < 1.29 is 19.4 Å². The van der Waals surface area contributed by atoms with Crippen LogP contribution < -0.4 is 10.6 Å². The average molecular weight is 350 g/mol. The van der Waals surface area contributed by atoms with Crippen molar-refractivity contribution >= 4 is 34.7 Å². The first-order valence-corrected chi connectivity index (χ1v) is 8.54. The van der Waals surface area contributed by atoms with Crippen molar-refractivity contribution in [1.29, 1.82) is 0 Å². The highest BCUT2D eigenvalue weighted by Gasteiger charge is 2.32. The molecule has 1 aliphatic carbocycles. The van der Waals surface area contributed by atoms with Crippen molar-refractivity contribution in [3.05, 3.63) is 59.2 Å². The maximum Gasteiger partial charge on any atom is 0.409 e. The first-order chi connectivity index (χ1) is 12.6. The van der Waals surface area contributed by atoms with Gasteiger partial charge in [-0.25, -0.2) is 4.79 Å². The molecular formula is C20H18N2O4. The van der Waals surface area contributed by atoms with E-state index >= 15 is 0 Å². The molecule has 2 aromatic rings. The van der Waals surface area contributed by atoms with Gasteiger partial charge in [0.05, 0.1) is 5.57 Å². The minimum Gasteiger partial charge on any atom is -0.487 e. The molecular weight excluding hydrogens is 332 g/mol. The molecule has 0 spiro atoms. The predicted octanol–water partition coefficient (Wildman–Crippen LogP) is 4.30. The van der Waals surface area contributed by atoms with E-state index in [9.17, 15) is 9.59 Å². The van der Waals surface area contributed by atoms with Gasteiger partial charge in [-0.15, -0.1) is 0 Å². The van der Waals surface area contributed by atoms with E-state index in [0.29, 0.717) is 23.6 Å². The SMILES string of the molecule is C1CC1.O=C(O)Nc1ccc2c(c1)C(=C1C(=O)Nc3ccccc31)OC2. The fraction of sp³-hybridized carbons (Fsp3) is 0.200. The summed E-state index contributed by atoms with van der Waals surface area (Å²) in [6.07, 6.45) is 3.36. The highest BCUT2D eigenvalue weighted by molar-refractivity contribution is 6.36. The smallest absolute Gasteiger partial charge is 0.409 e. The van der Waals surface area contributed by atoms with Crippen LogP contribution in [0.3, 0.4) is 0 Å². The second-order valence-electron chi connectivity index (χ2n) is 6.36. The largest absolute Gasteiger partial charge is 0.487 e. The van der Waals surface area contributed by atoms with E-state index < -0.39 is 6.09 Å². The zero-order valence-electron chi connectivity index (χ0n) is 14.0. The number of carbonyl (C=O) groups excluding carboxylic acids is 1. The van der Waals surface area contributed by atoms with Crippen molar-refractivity contribution in [3.63, 3.8) is 0 Å². The molecule has 2 heterocycles. The van der Waals surface area contributed by atoms with Gasteiger partial charge in [-0.3, -0.25) is 10.1 Å². The number of fused-ring (bicyclic) bond motifs is 2. The van der Waals surface area contributed by atoms with Gasteiger partial charge in [0, 0.05) is 28.1 Å². The molecule has 0 saturated heterocycles. The van der Waals surface area contributed by atoms with Gasteiger partial charge in [0.1, 0.15) is 12.4 Å². The number of anilines is 2. The Balaban J connectivity index is 0.000000510. The van der Waals surface area contributed by atoms with Gasteiger partial charge < -0.3 is 15.2 Å². The quantitative estimate of drug-likeness (QED) is 0.669. The van der Waals surface area contributed by atoms with E-state index in [4.69, 9.17) is 9.84 Å². The van der Waals surface area contributed by atoms with E-state index in [1.807, 2.05) is 24.3 Å². The Morgan fingerprint density at radius 3 is 2.58 bits per heavy atom. The third-order valence-electron chi connectivity index (χ3n) is 4.23. The number of para-hydroxylation sites is 1. The van der Waals surface area contributed by atoms with Crippen LogP contribution in [-0.4, -0.2) is 17.1 Å². The number of benzene rings is 2. The highest BCUT2D eigenvalue weighted by atomic mass is 16.5. The van der Waals surface area contributed by atoms with Gasteiger partial charge in [0.25, 0.3) is 5.91 Å². The van der Waals surface area contributed by atoms with Crippen LogP contribution in [0.5, 0.6) is 0 Å². The molecule has 1 fully saturated rings. The Morgan fingerprint density at radius 1 is 1.08 bits per heavy atom. The van der Waals surface area contributed by atoms with Crippen LogP contribution in [0.25, 0.3) is 11.3 Å². The van der Waals surface area contributed by atoms with E-state index in [-0.39, 0.29) is 5.91 Å². The van der Waals surface area contributed by atoms with E-state index in [2.05, 4.69) is 10.6 Å². The number of carbonyl (C=O) groups is 2. The number of rotatable bonds is 1. The van der Waals surface area contributed by atoms with Gasteiger partial charge in [0.2, 0.25) is 0 Å². The van der Waals surface area contributed by atoms with Crippen molar-refractivity contribution in [2.24, 2.45) is 0 Å². The topological polar surface area (TPSA) is 87.7 Å². The lowest BCUT2D eigenvalue weighted by Gasteiger charge is -2.06. The fourth-order valence-electron chi connectivity index (χ4n) is 2.89. The molecule has 2 aromatic carbocycles. The fourth-order valence-corrected chi connectivity index (χ4v) is 2.89. The Kier molecular flexibility index (Phi) is 4.08. The molecule has 0 unspecified atom stereocenters.